The summed E-state index contributed by atoms with van der Waals surface area (Å²) in [5, 5.41) is 5.75. The van der Waals surface area contributed by atoms with Gasteiger partial charge in [-0.3, -0.25) is 9.48 Å². The third-order valence-corrected chi connectivity index (χ3v) is 4.26. The molecular weight excluding hydrogens is 288 g/mol. The van der Waals surface area contributed by atoms with Crippen LogP contribution in [0.1, 0.15) is 69.6 Å². The van der Waals surface area contributed by atoms with E-state index in [2.05, 4.69) is 50.5 Å². The van der Waals surface area contributed by atoms with Crippen molar-refractivity contribution in [3.05, 3.63) is 29.0 Å². The molecule has 128 valence electrons. The molecule has 1 aromatic heterocycles. The Kier molecular flexibility index (Phi) is 7.27. The summed E-state index contributed by atoms with van der Waals surface area (Å²) in [5.74, 6) is 1.16. The fourth-order valence-corrected chi connectivity index (χ4v) is 3.01. The van der Waals surface area contributed by atoms with Crippen LogP contribution in [-0.4, -0.2) is 22.9 Å². The molecule has 0 aliphatic carbocycles. The molecule has 1 unspecified atom stereocenters. The van der Waals surface area contributed by atoms with Gasteiger partial charge in [-0.05, 0) is 54.9 Å². The number of aryl methyl sites for hydroxylation is 2. The Morgan fingerprint density at radius 3 is 2.35 bits per heavy atom. The average molecular weight is 318 g/mol. The Labute approximate surface area is 139 Å². The van der Waals surface area contributed by atoms with Gasteiger partial charge in [0.05, 0.1) is 18.3 Å². The first-order valence-corrected chi connectivity index (χ1v) is 8.39. The number of aromatic nitrogens is 2. The maximum absolute atomic E-state index is 9.18. The van der Waals surface area contributed by atoms with Crippen molar-refractivity contribution in [3.8, 4) is 0 Å². The van der Waals surface area contributed by atoms with Crippen LogP contribution in [-0.2, 0) is 16.6 Å². The number of hydrogen-bond acceptors (Lipinski definition) is 3. The zero-order valence-electron chi connectivity index (χ0n) is 15.5. The van der Waals surface area contributed by atoms with E-state index in [0.717, 1.165) is 0 Å². The van der Waals surface area contributed by atoms with Crippen LogP contribution >= 0.6 is 0 Å². The standard InChI is InChI=1S/C16H24N2.C3H6O2/c1-7-11(4)16-12(5)8-14-13(9-17-18(14)6)15(16)10(2)3;1-2-5-3-4/h8-11H,7H2,1-6H3;3H,2H2,1H3. The van der Waals surface area contributed by atoms with Gasteiger partial charge >= 0.3 is 0 Å². The SMILES string of the molecule is CCC(C)c1c(C)cc2c(cnn2C)c1C(C)C.CCOC=O. The maximum atomic E-state index is 9.18. The molecule has 0 saturated heterocycles. The lowest BCUT2D eigenvalue weighted by atomic mass is 9.83. The van der Waals surface area contributed by atoms with Crippen LogP contribution < -0.4 is 0 Å². The third-order valence-electron chi connectivity index (χ3n) is 4.26. The van der Waals surface area contributed by atoms with Crippen LogP contribution in [0.25, 0.3) is 10.9 Å². The Morgan fingerprint density at radius 2 is 1.91 bits per heavy atom. The maximum Gasteiger partial charge on any atom is 0.293 e. The quantitative estimate of drug-likeness (QED) is 0.751. The number of carbonyl (C=O) groups excluding carboxylic acids is 1. The van der Waals surface area contributed by atoms with Gasteiger partial charge in [0.15, 0.2) is 0 Å². The van der Waals surface area contributed by atoms with Crippen molar-refractivity contribution < 1.29 is 9.53 Å². The summed E-state index contributed by atoms with van der Waals surface area (Å²) in [6.07, 6.45) is 3.21. The molecule has 1 heterocycles. The van der Waals surface area contributed by atoms with Crippen molar-refractivity contribution in [2.45, 2.75) is 59.8 Å². The summed E-state index contributed by atoms with van der Waals surface area (Å²) < 4.78 is 6.13. The minimum absolute atomic E-state index is 0.431. The second kappa shape index (κ2) is 8.70. The second-order valence-corrected chi connectivity index (χ2v) is 6.24. The van der Waals surface area contributed by atoms with Crippen LogP contribution in [0.5, 0.6) is 0 Å². The summed E-state index contributed by atoms with van der Waals surface area (Å²) >= 11 is 0. The van der Waals surface area contributed by atoms with E-state index < -0.39 is 0 Å². The third kappa shape index (κ3) is 4.34. The molecular formula is C19H30N2O2. The molecule has 23 heavy (non-hydrogen) atoms. The number of carbonyl (C=O) groups is 1. The molecule has 2 rings (SSSR count). The van der Waals surface area contributed by atoms with Crippen molar-refractivity contribution in [1.82, 2.24) is 9.78 Å². The first kappa shape index (κ1) is 19.2. The van der Waals surface area contributed by atoms with E-state index in [1.807, 2.05) is 17.9 Å². The van der Waals surface area contributed by atoms with Crippen LogP contribution in [0.3, 0.4) is 0 Å². The van der Waals surface area contributed by atoms with Gasteiger partial charge in [-0.1, -0.05) is 27.7 Å². The number of benzene rings is 1. The molecule has 4 nitrogen and oxygen atoms in total. The van der Waals surface area contributed by atoms with Crippen LogP contribution in [0, 0.1) is 6.92 Å². The predicted molar refractivity (Wildman–Crippen MR) is 95.9 cm³/mol. The van der Waals surface area contributed by atoms with Crippen molar-refractivity contribution in [2.24, 2.45) is 7.05 Å². The summed E-state index contributed by atoms with van der Waals surface area (Å²) in [6.45, 7) is 14.1. The molecule has 0 amide bonds. The van der Waals surface area contributed by atoms with Crippen LogP contribution in [0.15, 0.2) is 12.3 Å². The van der Waals surface area contributed by atoms with Crippen molar-refractivity contribution >= 4 is 17.4 Å². The Morgan fingerprint density at radius 1 is 1.26 bits per heavy atom. The Balaban J connectivity index is 0.000000463. The Bertz CT molecular complexity index is 644. The van der Waals surface area contributed by atoms with E-state index in [9.17, 15) is 4.79 Å². The first-order chi connectivity index (χ1) is 10.9. The smallest absolute Gasteiger partial charge is 0.293 e. The van der Waals surface area contributed by atoms with Gasteiger partial charge in [0.25, 0.3) is 6.47 Å². The largest absolute Gasteiger partial charge is 0.468 e. The molecule has 0 radical (unpaired) electrons. The summed E-state index contributed by atoms with van der Waals surface area (Å²) in [4.78, 5) is 9.18. The van der Waals surface area contributed by atoms with Crippen molar-refractivity contribution in [1.29, 1.82) is 0 Å². The highest BCUT2D eigenvalue weighted by Gasteiger charge is 2.19. The minimum Gasteiger partial charge on any atom is -0.468 e. The normalized spacial score (nSPS) is 12.0. The van der Waals surface area contributed by atoms with E-state index in [0.29, 0.717) is 24.9 Å². The lowest BCUT2D eigenvalue weighted by Crippen LogP contribution is -2.04. The predicted octanol–water partition coefficient (Wildman–Crippen LogP) is 4.70. The molecule has 4 heteroatoms. The molecule has 0 bridgehead atoms. The molecule has 2 aromatic rings. The molecule has 0 N–H and O–H groups in total. The summed E-state index contributed by atoms with van der Waals surface area (Å²) in [7, 11) is 2.02. The minimum atomic E-state index is 0.431. The average Bonchev–Trinajstić information content (AvgIpc) is 2.87. The Hall–Kier alpha value is -1.84. The van der Waals surface area contributed by atoms with Gasteiger partial charge in [0.2, 0.25) is 0 Å². The number of ether oxygens (including phenoxy) is 1. The highest BCUT2D eigenvalue weighted by Crippen LogP contribution is 2.36. The molecule has 0 aliphatic rings. The van der Waals surface area contributed by atoms with E-state index in [1.54, 1.807) is 6.92 Å². The van der Waals surface area contributed by atoms with E-state index >= 15 is 0 Å². The fraction of sp³-hybridized carbons (Fsp3) is 0.579. The summed E-state index contributed by atoms with van der Waals surface area (Å²) in [5.41, 5.74) is 5.69. The van der Waals surface area contributed by atoms with E-state index in [1.165, 1.54) is 34.0 Å². The van der Waals surface area contributed by atoms with Gasteiger partial charge in [0.1, 0.15) is 0 Å². The fourth-order valence-electron chi connectivity index (χ4n) is 3.01. The van der Waals surface area contributed by atoms with Gasteiger partial charge in [-0.2, -0.15) is 5.10 Å². The van der Waals surface area contributed by atoms with Crippen LogP contribution in [0.2, 0.25) is 0 Å². The topological polar surface area (TPSA) is 44.1 Å². The monoisotopic (exact) mass is 318 g/mol. The molecule has 0 fully saturated rings. The molecule has 0 aliphatic heterocycles. The zero-order chi connectivity index (χ0) is 17.6. The van der Waals surface area contributed by atoms with Gasteiger partial charge in [-0.25, -0.2) is 0 Å². The van der Waals surface area contributed by atoms with Gasteiger partial charge in [-0.15, -0.1) is 0 Å². The molecule has 1 aromatic carbocycles. The highest BCUT2D eigenvalue weighted by molar-refractivity contribution is 5.85. The molecule has 0 spiro atoms. The van der Waals surface area contributed by atoms with Gasteiger partial charge < -0.3 is 4.74 Å². The molecule has 0 saturated carbocycles. The van der Waals surface area contributed by atoms with Gasteiger partial charge in [0, 0.05) is 12.4 Å². The number of fused-ring (bicyclic) bond motifs is 1. The van der Waals surface area contributed by atoms with E-state index in [4.69, 9.17) is 0 Å². The lowest BCUT2D eigenvalue weighted by molar-refractivity contribution is -0.128. The highest BCUT2D eigenvalue weighted by atomic mass is 16.5. The van der Waals surface area contributed by atoms with Crippen molar-refractivity contribution in [3.63, 3.8) is 0 Å². The summed E-state index contributed by atoms with van der Waals surface area (Å²) in [6, 6.07) is 2.29. The molecule has 1 atom stereocenters. The first-order valence-electron chi connectivity index (χ1n) is 8.39. The number of nitrogens with zero attached hydrogens (tertiary/aromatic N) is 2. The number of hydrogen-bond donors (Lipinski definition) is 0. The second-order valence-electron chi connectivity index (χ2n) is 6.24. The lowest BCUT2D eigenvalue weighted by Gasteiger charge is -2.21. The van der Waals surface area contributed by atoms with Crippen molar-refractivity contribution in [2.75, 3.05) is 6.61 Å². The zero-order valence-corrected chi connectivity index (χ0v) is 15.5. The number of rotatable bonds is 5. The van der Waals surface area contributed by atoms with Crippen LogP contribution in [0.4, 0.5) is 0 Å². The van der Waals surface area contributed by atoms with E-state index in [-0.39, 0.29) is 0 Å².